The number of carbonyl (C=O) groups excluding carboxylic acids is 1. The first-order valence-electron chi connectivity index (χ1n) is 7.44. The van der Waals surface area contributed by atoms with Crippen LogP contribution < -0.4 is 11.1 Å². The van der Waals surface area contributed by atoms with E-state index in [2.05, 4.69) is 24.1 Å². The Morgan fingerprint density at radius 2 is 2.15 bits per heavy atom. The van der Waals surface area contributed by atoms with Crippen molar-refractivity contribution in [2.45, 2.75) is 39.2 Å². The predicted octanol–water partition coefficient (Wildman–Crippen LogP) is 2.72. The van der Waals surface area contributed by atoms with Crippen molar-refractivity contribution in [2.75, 3.05) is 24.1 Å². The highest BCUT2D eigenvalue weighted by Crippen LogP contribution is 2.22. The minimum atomic E-state index is 0.0443. The van der Waals surface area contributed by atoms with Gasteiger partial charge in [0.2, 0.25) is 5.91 Å². The minimum absolute atomic E-state index is 0.0443. The molecule has 1 aromatic rings. The van der Waals surface area contributed by atoms with Crippen LogP contribution in [-0.4, -0.2) is 29.9 Å². The van der Waals surface area contributed by atoms with E-state index in [1.54, 1.807) is 6.07 Å². The Morgan fingerprint density at radius 1 is 1.40 bits per heavy atom. The van der Waals surface area contributed by atoms with E-state index >= 15 is 0 Å². The van der Waals surface area contributed by atoms with Crippen LogP contribution in [0.1, 0.15) is 33.1 Å². The van der Waals surface area contributed by atoms with Crippen molar-refractivity contribution < 1.29 is 4.79 Å². The van der Waals surface area contributed by atoms with Crippen LogP contribution in [0.5, 0.6) is 0 Å². The normalized spacial score (nSPS) is 22.9. The lowest BCUT2D eigenvalue weighted by molar-refractivity contribution is -0.116. The van der Waals surface area contributed by atoms with E-state index in [-0.39, 0.29) is 5.91 Å². The molecule has 0 radical (unpaired) electrons. The molecule has 0 spiro atoms. The molecule has 0 saturated carbocycles. The number of nitrogens with one attached hydrogen (secondary N) is 1. The second-order valence-electron chi connectivity index (χ2n) is 5.92. The maximum atomic E-state index is 11.9. The van der Waals surface area contributed by atoms with Gasteiger partial charge < -0.3 is 16.0 Å². The van der Waals surface area contributed by atoms with Gasteiger partial charge in [-0.2, -0.15) is 0 Å². The van der Waals surface area contributed by atoms with Crippen LogP contribution in [0.2, 0.25) is 0 Å². The molecular weight excluding hydrogens is 250 g/mol. The Hall–Kier alpha value is -1.55. The molecule has 1 aliphatic rings. The third kappa shape index (κ3) is 3.97. The molecule has 0 bridgehead atoms. The summed E-state index contributed by atoms with van der Waals surface area (Å²) < 4.78 is 0. The average Bonchev–Trinajstić information content (AvgIpc) is 2.71. The fourth-order valence-corrected chi connectivity index (χ4v) is 2.96. The number of nitrogens with two attached hydrogens (primary N) is 1. The van der Waals surface area contributed by atoms with Crippen molar-refractivity contribution in [1.29, 1.82) is 0 Å². The monoisotopic (exact) mass is 275 g/mol. The van der Waals surface area contributed by atoms with Gasteiger partial charge in [0.15, 0.2) is 0 Å². The van der Waals surface area contributed by atoms with Gasteiger partial charge in [-0.15, -0.1) is 0 Å². The molecule has 1 aromatic carbocycles. The van der Waals surface area contributed by atoms with E-state index in [0.717, 1.165) is 25.4 Å². The zero-order valence-corrected chi connectivity index (χ0v) is 12.4. The summed E-state index contributed by atoms with van der Waals surface area (Å²) in [6, 6.07) is 8.01. The first-order chi connectivity index (χ1) is 9.56. The molecule has 1 fully saturated rings. The van der Waals surface area contributed by atoms with E-state index in [9.17, 15) is 4.79 Å². The molecule has 110 valence electrons. The lowest BCUT2D eigenvalue weighted by Gasteiger charge is -2.20. The van der Waals surface area contributed by atoms with Crippen molar-refractivity contribution in [1.82, 2.24) is 4.90 Å². The van der Waals surface area contributed by atoms with Crippen LogP contribution in [0, 0.1) is 5.92 Å². The fraction of sp³-hybridized carbons (Fsp3) is 0.562. The molecule has 1 saturated heterocycles. The number of hydrogen-bond donors (Lipinski definition) is 2. The highest BCUT2D eigenvalue weighted by molar-refractivity contribution is 5.93. The van der Waals surface area contributed by atoms with E-state index in [1.807, 2.05) is 18.2 Å². The summed E-state index contributed by atoms with van der Waals surface area (Å²) in [7, 11) is 0. The van der Waals surface area contributed by atoms with Gasteiger partial charge in [0.1, 0.15) is 0 Å². The van der Waals surface area contributed by atoms with Gasteiger partial charge in [-0.05, 0) is 44.4 Å². The maximum Gasteiger partial charge on any atom is 0.224 e. The number of nitrogen functional groups attached to an aromatic ring is 1. The van der Waals surface area contributed by atoms with Gasteiger partial charge in [-0.3, -0.25) is 4.79 Å². The first kappa shape index (κ1) is 14.9. The number of amides is 1. The Bertz CT molecular complexity index is 461. The van der Waals surface area contributed by atoms with Crippen molar-refractivity contribution in [3.8, 4) is 0 Å². The minimum Gasteiger partial charge on any atom is -0.397 e. The summed E-state index contributed by atoms with van der Waals surface area (Å²) in [5.74, 6) is 0.825. The molecule has 3 N–H and O–H groups in total. The molecule has 2 unspecified atom stereocenters. The summed E-state index contributed by atoms with van der Waals surface area (Å²) in [5.41, 5.74) is 7.13. The molecule has 1 heterocycles. The molecule has 20 heavy (non-hydrogen) atoms. The van der Waals surface area contributed by atoms with Crippen molar-refractivity contribution in [3.63, 3.8) is 0 Å². The highest BCUT2D eigenvalue weighted by atomic mass is 16.1. The number of rotatable bonds is 5. The summed E-state index contributed by atoms with van der Waals surface area (Å²) in [6.45, 7) is 6.73. The third-order valence-corrected chi connectivity index (χ3v) is 4.00. The lowest BCUT2D eigenvalue weighted by atomic mass is 10.1. The molecule has 0 aliphatic carbocycles. The van der Waals surface area contributed by atoms with E-state index in [0.29, 0.717) is 23.8 Å². The largest absolute Gasteiger partial charge is 0.397 e. The molecule has 0 aromatic heterocycles. The van der Waals surface area contributed by atoms with Crippen LogP contribution in [0.3, 0.4) is 0 Å². The summed E-state index contributed by atoms with van der Waals surface area (Å²) in [4.78, 5) is 14.4. The highest BCUT2D eigenvalue weighted by Gasteiger charge is 2.25. The maximum absolute atomic E-state index is 11.9. The lowest BCUT2D eigenvalue weighted by Crippen LogP contribution is -2.29. The second kappa shape index (κ2) is 6.75. The first-order valence-corrected chi connectivity index (χ1v) is 7.44. The van der Waals surface area contributed by atoms with Crippen LogP contribution in [0.25, 0.3) is 0 Å². The zero-order chi connectivity index (χ0) is 14.5. The molecule has 1 aliphatic heterocycles. The van der Waals surface area contributed by atoms with Crippen molar-refractivity contribution in [2.24, 2.45) is 5.92 Å². The fourth-order valence-electron chi connectivity index (χ4n) is 2.96. The number of carbonyl (C=O) groups is 1. The summed E-state index contributed by atoms with van der Waals surface area (Å²) in [6.07, 6.45) is 2.72. The van der Waals surface area contributed by atoms with E-state index < -0.39 is 0 Å². The molecule has 2 atom stereocenters. The summed E-state index contributed by atoms with van der Waals surface area (Å²) in [5, 5.41) is 2.87. The number of nitrogens with zero attached hydrogens (tertiary/aromatic N) is 1. The van der Waals surface area contributed by atoms with Gasteiger partial charge in [0.05, 0.1) is 11.4 Å². The van der Waals surface area contributed by atoms with Crippen molar-refractivity contribution >= 4 is 17.3 Å². The van der Waals surface area contributed by atoms with Crippen LogP contribution in [-0.2, 0) is 4.79 Å². The molecule has 4 nitrogen and oxygen atoms in total. The van der Waals surface area contributed by atoms with Crippen molar-refractivity contribution in [3.05, 3.63) is 24.3 Å². The molecule has 2 rings (SSSR count). The SMILES string of the molecule is CC1CC(C)N(CCCC(=O)Nc2ccccc2N)C1. The van der Waals surface area contributed by atoms with Crippen LogP contribution in [0.15, 0.2) is 24.3 Å². The number of hydrogen-bond acceptors (Lipinski definition) is 3. The Balaban J connectivity index is 1.72. The Kier molecular flexibility index (Phi) is 5.01. The topological polar surface area (TPSA) is 58.4 Å². The van der Waals surface area contributed by atoms with Crippen LogP contribution >= 0.6 is 0 Å². The quantitative estimate of drug-likeness (QED) is 0.812. The Morgan fingerprint density at radius 3 is 2.80 bits per heavy atom. The predicted molar refractivity (Wildman–Crippen MR) is 83.5 cm³/mol. The van der Waals surface area contributed by atoms with Gasteiger partial charge in [-0.25, -0.2) is 0 Å². The van der Waals surface area contributed by atoms with Gasteiger partial charge >= 0.3 is 0 Å². The van der Waals surface area contributed by atoms with Crippen LogP contribution in [0.4, 0.5) is 11.4 Å². The number of benzene rings is 1. The zero-order valence-electron chi connectivity index (χ0n) is 12.4. The van der Waals surface area contributed by atoms with E-state index in [4.69, 9.17) is 5.73 Å². The van der Waals surface area contributed by atoms with E-state index in [1.165, 1.54) is 6.42 Å². The standard InChI is InChI=1S/C16H25N3O/c1-12-10-13(2)19(11-12)9-5-8-16(20)18-15-7-4-3-6-14(15)17/h3-4,6-7,12-13H,5,8-11,17H2,1-2H3,(H,18,20). The van der Waals surface area contributed by atoms with Gasteiger partial charge in [0.25, 0.3) is 0 Å². The molecule has 1 amide bonds. The number of likely N-dealkylation sites (tertiary alicyclic amines) is 1. The van der Waals surface area contributed by atoms with Gasteiger partial charge in [-0.1, -0.05) is 19.1 Å². The second-order valence-corrected chi connectivity index (χ2v) is 5.92. The number of para-hydroxylation sites is 2. The molecule has 4 heteroatoms. The summed E-state index contributed by atoms with van der Waals surface area (Å²) >= 11 is 0. The number of anilines is 2. The average molecular weight is 275 g/mol. The van der Waals surface area contributed by atoms with Gasteiger partial charge in [0, 0.05) is 19.0 Å². The smallest absolute Gasteiger partial charge is 0.224 e. The Labute approximate surface area is 121 Å². The third-order valence-electron chi connectivity index (χ3n) is 4.00. The molecular formula is C16H25N3O.